The Morgan fingerprint density at radius 1 is 1.05 bits per heavy atom. The van der Waals surface area contributed by atoms with Gasteiger partial charge in [-0.05, 0) is 30.5 Å². The maximum absolute atomic E-state index is 11.2. The molecule has 0 saturated carbocycles. The van der Waals surface area contributed by atoms with Crippen LogP contribution in [0.25, 0.3) is 0 Å². The van der Waals surface area contributed by atoms with Crippen LogP contribution in [0.2, 0.25) is 0 Å². The summed E-state index contributed by atoms with van der Waals surface area (Å²) in [5.74, 6) is 0. The molecule has 0 radical (unpaired) electrons. The highest BCUT2D eigenvalue weighted by Gasteiger charge is 2.06. The minimum Gasteiger partial charge on any atom is -0.310 e. The largest absolute Gasteiger partial charge is 0.310 e. The van der Waals surface area contributed by atoms with Gasteiger partial charge in [-0.1, -0.05) is 51.7 Å². The average Bonchev–Trinajstić information content (AvgIpc) is 2.46. The fourth-order valence-electron chi connectivity index (χ4n) is 2.43. The molecule has 0 spiro atoms. The Labute approximate surface area is 135 Å². The van der Waals surface area contributed by atoms with Gasteiger partial charge in [0.2, 0.25) is 10.0 Å². The summed E-state index contributed by atoms with van der Waals surface area (Å²) in [4.78, 5) is 0. The van der Waals surface area contributed by atoms with Gasteiger partial charge < -0.3 is 5.32 Å². The van der Waals surface area contributed by atoms with Crippen molar-refractivity contribution in [1.82, 2.24) is 5.32 Å². The van der Waals surface area contributed by atoms with Crippen LogP contribution in [0.5, 0.6) is 0 Å². The zero-order valence-electron chi connectivity index (χ0n) is 14.1. The van der Waals surface area contributed by atoms with E-state index in [0.29, 0.717) is 11.7 Å². The summed E-state index contributed by atoms with van der Waals surface area (Å²) in [6, 6.07) is 8.10. The summed E-state index contributed by atoms with van der Waals surface area (Å²) in [6.07, 6.45) is 8.73. The number of anilines is 1. The van der Waals surface area contributed by atoms with Crippen LogP contribution in [0, 0.1) is 0 Å². The standard InChI is InChI=1S/C17H30N2O2S/c1-4-6-7-8-9-16(5-2)18-14-15-10-12-17(13-11-15)19-22(3,20)21/h10-13,16,18-19H,4-9,14H2,1-3H3. The zero-order valence-corrected chi connectivity index (χ0v) is 14.9. The normalized spacial score (nSPS) is 13.0. The summed E-state index contributed by atoms with van der Waals surface area (Å²) in [5.41, 5.74) is 1.78. The molecule has 0 aromatic heterocycles. The van der Waals surface area contributed by atoms with Gasteiger partial charge in [-0.3, -0.25) is 4.72 Å². The molecule has 0 aliphatic carbocycles. The van der Waals surface area contributed by atoms with Gasteiger partial charge in [0, 0.05) is 18.3 Å². The van der Waals surface area contributed by atoms with Crippen LogP contribution in [0.15, 0.2) is 24.3 Å². The summed E-state index contributed by atoms with van der Waals surface area (Å²) in [5, 5.41) is 3.59. The van der Waals surface area contributed by atoms with Crippen LogP contribution < -0.4 is 10.0 Å². The van der Waals surface area contributed by atoms with Crippen molar-refractivity contribution in [3.63, 3.8) is 0 Å². The predicted molar refractivity (Wildman–Crippen MR) is 94.6 cm³/mol. The number of unbranched alkanes of at least 4 members (excludes halogenated alkanes) is 3. The highest BCUT2D eigenvalue weighted by molar-refractivity contribution is 7.92. The topological polar surface area (TPSA) is 58.2 Å². The summed E-state index contributed by atoms with van der Waals surface area (Å²) >= 11 is 0. The van der Waals surface area contributed by atoms with E-state index < -0.39 is 10.0 Å². The molecule has 1 aromatic carbocycles. The van der Waals surface area contributed by atoms with Gasteiger partial charge in [0.1, 0.15) is 0 Å². The molecule has 1 atom stereocenters. The first-order valence-electron chi connectivity index (χ1n) is 8.24. The Morgan fingerprint density at radius 3 is 2.27 bits per heavy atom. The van der Waals surface area contributed by atoms with Crippen LogP contribution in [-0.2, 0) is 16.6 Å². The SMILES string of the molecule is CCCCCCC(CC)NCc1ccc(NS(C)(=O)=O)cc1. The Hall–Kier alpha value is -1.07. The second-order valence-electron chi connectivity index (χ2n) is 5.91. The van der Waals surface area contributed by atoms with Crippen LogP contribution in [0.1, 0.15) is 57.9 Å². The zero-order chi connectivity index (χ0) is 16.4. The van der Waals surface area contributed by atoms with E-state index in [-0.39, 0.29) is 0 Å². The van der Waals surface area contributed by atoms with Gasteiger partial charge in [-0.2, -0.15) is 0 Å². The smallest absolute Gasteiger partial charge is 0.229 e. The molecule has 1 unspecified atom stereocenters. The van der Waals surface area contributed by atoms with Crippen molar-refractivity contribution in [1.29, 1.82) is 0 Å². The predicted octanol–water partition coefficient (Wildman–Crippen LogP) is 3.90. The quantitative estimate of drug-likeness (QED) is 0.606. The molecule has 0 saturated heterocycles. The lowest BCUT2D eigenvalue weighted by atomic mass is 10.0. The van der Waals surface area contributed by atoms with Crippen LogP contribution >= 0.6 is 0 Å². The number of nitrogens with one attached hydrogen (secondary N) is 2. The molecule has 0 aliphatic rings. The minimum absolute atomic E-state index is 0.561. The van der Waals surface area contributed by atoms with Gasteiger partial charge in [0.15, 0.2) is 0 Å². The number of sulfonamides is 1. The first kappa shape index (κ1) is 19.0. The maximum atomic E-state index is 11.2. The molecule has 1 rings (SSSR count). The van der Waals surface area contributed by atoms with Gasteiger partial charge in [-0.25, -0.2) is 8.42 Å². The Balaban J connectivity index is 2.39. The fourth-order valence-corrected chi connectivity index (χ4v) is 3.00. The molecule has 0 bridgehead atoms. The lowest BCUT2D eigenvalue weighted by Gasteiger charge is -2.17. The van der Waals surface area contributed by atoms with E-state index >= 15 is 0 Å². The van der Waals surface area contributed by atoms with Crippen LogP contribution in [0.3, 0.4) is 0 Å². The van der Waals surface area contributed by atoms with Crippen molar-refractivity contribution < 1.29 is 8.42 Å². The van der Waals surface area contributed by atoms with Gasteiger partial charge in [-0.15, -0.1) is 0 Å². The van der Waals surface area contributed by atoms with E-state index in [1.165, 1.54) is 37.7 Å². The van der Waals surface area contributed by atoms with E-state index in [1.54, 1.807) is 12.1 Å². The second kappa shape index (κ2) is 9.85. The van der Waals surface area contributed by atoms with E-state index in [0.717, 1.165) is 19.2 Å². The highest BCUT2D eigenvalue weighted by Crippen LogP contribution is 2.12. The highest BCUT2D eigenvalue weighted by atomic mass is 32.2. The van der Waals surface area contributed by atoms with Crippen LogP contribution in [0.4, 0.5) is 5.69 Å². The Bertz CT molecular complexity index is 512. The van der Waals surface area contributed by atoms with Crippen molar-refractivity contribution in [3.8, 4) is 0 Å². The monoisotopic (exact) mass is 326 g/mol. The molecule has 4 nitrogen and oxygen atoms in total. The first-order valence-corrected chi connectivity index (χ1v) is 10.1. The maximum Gasteiger partial charge on any atom is 0.229 e. The molecule has 0 heterocycles. The van der Waals surface area contributed by atoms with Gasteiger partial charge >= 0.3 is 0 Å². The number of hydrogen-bond donors (Lipinski definition) is 2. The van der Waals surface area contributed by atoms with Crippen molar-refractivity contribution in [2.24, 2.45) is 0 Å². The van der Waals surface area contributed by atoms with Crippen molar-refractivity contribution >= 4 is 15.7 Å². The molecule has 0 fully saturated rings. The van der Waals surface area contributed by atoms with E-state index in [2.05, 4.69) is 23.9 Å². The Kier molecular flexibility index (Phi) is 8.49. The molecule has 0 aliphatic heterocycles. The molecular formula is C17H30N2O2S. The van der Waals surface area contributed by atoms with E-state index in [9.17, 15) is 8.42 Å². The molecule has 0 amide bonds. The third kappa shape index (κ3) is 8.39. The molecule has 2 N–H and O–H groups in total. The average molecular weight is 327 g/mol. The van der Waals surface area contributed by atoms with Crippen molar-refractivity contribution in [3.05, 3.63) is 29.8 Å². The third-order valence-corrected chi connectivity index (χ3v) is 4.36. The van der Waals surface area contributed by atoms with Crippen molar-refractivity contribution in [2.45, 2.75) is 65.0 Å². The molecular weight excluding hydrogens is 296 g/mol. The van der Waals surface area contributed by atoms with Crippen LogP contribution in [-0.4, -0.2) is 20.7 Å². The minimum atomic E-state index is -3.20. The summed E-state index contributed by atoms with van der Waals surface area (Å²) in [7, 11) is -3.20. The number of hydrogen-bond acceptors (Lipinski definition) is 3. The summed E-state index contributed by atoms with van der Waals surface area (Å²) < 4.78 is 24.8. The molecule has 126 valence electrons. The number of rotatable bonds is 11. The van der Waals surface area contributed by atoms with Crippen molar-refractivity contribution in [2.75, 3.05) is 11.0 Å². The van der Waals surface area contributed by atoms with Gasteiger partial charge in [0.25, 0.3) is 0 Å². The molecule has 5 heteroatoms. The van der Waals surface area contributed by atoms with E-state index in [1.807, 2.05) is 12.1 Å². The lowest BCUT2D eigenvalue weighted by molar-refractivity contribution is 0.444. The summed E-state index contributed by atoms with van der Waals surface area (Å²) in [6.45, 7) is 5.28. The first-order chi connectivity index (χ1) is 10.4. The van der Waals surface area contributed by atoms with Gasteiger partial charge in [0.05, 0.1) is 6.26 Å². The molecule has 1 aromatic rings. The fraction of sp³-hybridized carbons (Fsp3) is 0.647. The number of benzene rings is 1. The third-order valence-electron chi connectivity index (χ3n) is 3.75. The Morgan fingerprint density at radius 2 is 1.73 bits per heavy atom. The molecule has 22 heavy (non-hydrogen) atoms. The lowest BCUT2D eigenvalue weighted by Crippen LogP contribution is -2.27. The van der Waals surface area contributed by atoms with E-state index in [4.69, 9.17) is 0 Å². The second-order valence-corrected chi connectivity index (χ2v) is 7.66.